The average molecular weight is 255 g/mol. The number of carbonyl (C=O) groups excluding carboxylic acids is 1. The van der Waals surface area contributed by atoms with Gasteiger partial charge in [-0.2, -0.15) is 0 Å². The lowest BCUT2D eigenvalue weighted by Gasteiger charge is -1.99. The van der Waals surface area contributed by atoms with Crippen LogP contribution in [0.3, 0.4) is 0 Å². The lowest BCUT2D eigenvalue weighted by molar-refractivity contribution is 0.110. The monoisotopic (exact) mass is 254 g/mol. The van der Waals surface area contributed by atoms with Crippen molar-refractivity contribution < 1.29 is 13.9 Å². The predicted octanol–water partition coefficient (Wildman–Crippen LogP) is 3.02. The first kappa shape index (κ1) is 9.27. The molecule has 0 aliphatic carbocycles. The van der Waals surface area contributed by atoms with Gasteiger partial charge in [-0.15, -0.1) is 0 Å². The number of furan rings is 1. The summed E-state index contributed by atoms with van der Waals surface area (Å²) in [5.41, 5.74) is 0.660. The van der Waals surface area contributed by atoms with Crippen molar-refractivity contribution in [3.8, 4) is 5.75 Å². The number of methoxy groups -OCH3 is 1. The standard InChI is InChI=1S/C10H7BrO3/c1-13-7-2-6-3-8(5-12)14-10(6)9(11)4-7/h2-5H,1H3. The average Bonchev–Trinajstić information content (AvgIpc) is 2.61. The Bertz CT molecular complexity index is 487. The first-order valence-corrected chi connectivity index (χ1v) is 4.76. The molecule has 4 heteroatoms. The molecule has 0 N–H and O–H groups in total. The van der Waals surface area contributed by atoms with Gasteiger partial charge in [-0.3, -0.25) is 4.79 Å². The van der Waals surface area contributed by atoms with Crippen molar-refractivity contribution in [2.24, 2.45) is 0 Å². The highest BCUT2D eigenvalue weighted by molar-refractivity contribution is 9.10. The van der Waals surface area contributed by atoms with Crippen molar-refractivity contribution in [1.82, 2.24) is 0 Å². The maximum absolute atomic E-state index is 10.5. The van der Waals surface area contributed by atoms with Gasteiger partial charge in [-0.05, 0) is 34.1 Å². The SMILES string of the molecule is COc1cc(Br)c2oc(C=O)cc2c1. The highest BCUT2D eigenvalue weighted by atomic mass is 79.9. The fourth-order valence-corrected chi connectivity index (χ4v) is 1.82. The van der Waals surface area contributed by atoms with E-state index in [9.17, 15) is 4.79 Å². The van der Waals surface area contributed by atoms with Crippen LogP contribution in [0.2, 0.25) is 0 Å². The Hall–Kier alpha value is -1.29. The summed E-state index contributed by atoms with van der Waals surface area (Å²) in [5.74, 6) is 1.04. The number of fused-ring (bicyclic) bond motifs is 1. The van der Waals surface area contributed by atoms with Crippen LogP contribution in [-0.4, -0.2) is 13.4 Å². The number of hydrogen-bond donors (Lipinski definition) is 0. The lowest BCUT2D eigenvalue weighted by Crippen LogP contribution is -1.81. The molecular weight excluding hydrogens is 248 g/mol. The minimum atomic E-state index is 0.314. The van der Waals surface area contributed by atoms with E-state index < -0.39 is 0 Å². The van der Waals surface area contributed by atoms with Crippen molar-refractivity contribution in [2.75, 3.05) is 7.11 Å². The molecule has 2 rings (SSSR count). The summed E-state index contributed by atoms with van der Waals surface area (Å²) in [5, 5.41) is 0.846. The van der Waals surface area contributed by atoms with Crippen molar-refractivity contribution in [3.05, 3.63) is 28.4 Å². The van der Waals surface area contributed by atoms with Gasteiger partial charge in [0.1, 0.15) is 11.3 Å². The quantitative estimate of drug-likeness (QED) is 0.774. The van der Waals surface area contributed by atoms with E-state index in [1.165, 1.54) is 0 Å². The van der Waals surface area contributed by atoms with Crippen LogP contribution in [-0.2, 0) is 0 Å². The van der Waals surface area contributed by atoms with Gasteiger partial charge >= 0.3 is 0 Å². The summed E-state index contributed by atoms with van der Waals surface area (Å²) in [7, 11) is 1.59. The minimum Gasteiger partial charge on any atom is -0.497 e. The van der Waals surface area contributed by atoms with Gasteiger partial charge in [0.05, 0.1) is 11.6 Å². The normalized spacial score (nSPS) is 10.4. The molecule has 1 aromatic carbocycles. The number of halogens is 1. The van der Waals surface area contributed by atoms with E-state index in [1.807, 2.05) is 6.07 Å². The van der Waals surface area contributed by atoms with Gasteiger partial charge in [-0.1, -0.05) is 0 Å². The number of rotatable bonds is 2. The molecule has 72 valence electrons. The number of hydrogen-bond acceptors (Lipinski definition) is 3. The smallest absolute Gasteiger partial charge is 0.185 e. The highest BCUT2D eigenvalue weighted by Crippen LogP contribution is 2.31. The van der Waals surface area contributed by atoms with Gasteiger partial charge < -0.3 is 9.15 Å². The van der Waals surface area contributed by atoms with Crippen LogP contribution in [0.1, 0.15) is 10.6 Å². The van der Waals surface area contributed by atoms with Crippen LogP contribution in [0.25, 0.3) is 11.0 Å². The lowest BCUT2D eigenvalue weighted by atomic mass is 10.2. The maximum Gasteiger partial charge on any atom is 0.185 e. The Morgan fingerprint density at radius 3 is 2.86 bits per heavy atom. The van der Waals surface area contributed by atoms with Gasteiger partial charge in [-0.25, -0.2) is 0 Å². The number of benzene rings is 1. The second kappa shape index (κ2) is 3.46. The molecule has 0 bridgehead atoms. The zero-order valence-corrected chi connectivity index (χ0v) is 9.00. The Morgan fingerprint density at radius 2 is 2.21 bits per heavy atom. The third-order valence-corrected chi connectivity index (χ3v) is 2.50. The van der Waals surface area contributed by atoms with E-state index in [4.69, 9.17) is 9.15 Å². The molecule has 0 aliphatic heterocycles. The molecule has 1 aromatic heterocycles. The summed E-state index contributed by atoms with van der Waals surface area (Å²) in [6.45, 7) is 0. The third kappa shape index (κ3) is 1.42. The third-order valence-electron chi connectivity index (χ3n) is 1.92. The van der Waals surface area contributed by atoms with Crippen molar-refractivity contribution in [1.29, 1.82) is 0 Å². The molecule has 14 heavy (non-hydrogen) atoms. The molecule has 0 unspecified atom stereocenters. The highest BCUT2D eigenvalue weighted by Gasteiger charge is 2.08. The number of aldehydes is 1. The molecule has 0 saturated heterocycles. The Balaban J connectivity index is 2.73. The Kier molecular flexibility index (Phi) is 2.29. The van der Waals surface area contributed by atoms with Crippen LogP contribution >= 0.6 is 15.9 Å². The van der Waals surface area contributed by atoms with Gasteiger partial charge in [0.15, 0.2) is 12.0 Å². The van der Waals surface area contributed by atoms with Gasteiger partial charge in [0, 0.05) is 5.39 Å². The second-order valence-electron chi connectivity index (χ2n) is 2.79. The van der Waals surface area contributed by atoms with Gasteiger partial charge in [0.25, 0.3) is 0 Å². The summed E-state index contributed by atoms with van der Waals surface area (Å²) < 4.78 is 11.1. The topological polar surface area (TPSA) is 39.4 Å². The zero-order chi connectivity index (χ0) is 10.1. The van der Waals surface area contributed by atoms with Crippen molar-refractivity contribution in [2.45, 2.75) is 0 Å². The van der Waals surface area contributed by atoms with E-state index >= 15 is 0 Å². The molecular formula is C10H7BrO3. The molecule has 1 heterocycles. The molecule has 0 amide bonds. The molecule has 2 aromatic rings. The second-order valence-corrected chi connectivity index (χ2v) is 3.65. The van der Waals surface area contributed by atoms with Crippen molar-refractivity contribution in [3.63, 3.8) is 0 Å². The Labute approximate surface area is 88.8 Å². The van der Waals surface area contributed by atoms with Crippen LogP contribution in [0.15, 0.2) is 27.1 Å². The van der Waals surface area contributed by atoms with E-state index in [0.29, 0.717) is 17.6 Å². The predicted molar refractivity (Wildman–Crippen MR) is 55.9 cm³/mol. The molecule has 0 radical (unpaired) electrons. The van der Waals surface area contributed by atoms with Crippen molar-refractivity contribution >= 4 is 33.2 Å². The largest absolute Gasteiger partial charge is 0.497 e. The molecule has 0 atom stereocenters. The van der Waals surface area contributed by atoms with Crippen LogP contribution in [0.5, 0.6) is 5.75 Å². The molecule has 0 saturated carbocycles. The van der Waals surface area contributed by atoms with E-state index in [0.717, 1.165) is 15.6 Å². The first-order valence-electron chi connectivity index (χ1n) is 3.97. The first-order chi connectivity index (χ1) is 6.74. The van der Waals surface area contributed by atoms with E-state index in [2.05, 4.69) is 15.9 Å². The summed E-state index contributed by atoms with van der Waals surface area (Å²) in [4.78, 5) is 10.5. The van der Waals surface area contributed by atoms with Gasteiger partial charge in [0.2, 0.25) is 0 Å². The maximum atomic E-state index is 10.5. The van der Waals surface area contributed by atoms with E-state index in [-0.39, 0.29) is 0 Å². The fourth-order valence-electron chi connectivity index (χ4n) is 1.28. The molecule has 0 fully saturated rings. The fraction of sp³-hybridized carbons (Fsp3) is 0.100. The molecule has 0 spiro atoms. The van der Waals surface area contributed by atoms with Crippen LogP contribution in [0.4, 0.5) is 0 Å². The molecule has 0 aliphatic rings. The zero-order valence-electron chi connectivity index (χ0n) is 7.41. The number of ether oxygens (including phenoxy) is 1. The summed E-state index contributed by atoms with van der Waals surface area (Å²) in [6.07, 6.45) is 0.679. The van der Waals surface area contributed by atoms with E-state index in [1.54, 1.807) is 19.2 Å². The summed E-state index contributed by atoms with van der Waals surface area (Å²) >= 11 is 3.34. The molecule has 3 nitrogen and oxygen atoms in total. The number of carbonyl (C=O) groups is 1. The minimum absolute atomic E-state index is 0.314. The van der Waals surface area contributed by atoms with Crippen LogP contribution in [0, 0.1) is 0 Å². The summed E-state index contributed by atoms with van der Waals surface area (Å²) in [6, 6.07) is 5.28. The van der Waals surface area contributed by atoms with Crippen LogP contribution < -0.4 is 4.74 Å². The Morgan fingerprint density at radius 1 is 1.43 bits per heavy atom.